The van der Waals surface area contributed by atoms with Crippen LogP contribution in [0, 0.1) is 0 Å². The van der Waals surface area contributed by atoms with Crippen molar-refractivity contribution in [3.05, 3.63) is 0 Å². The molecule has 0 radical (unpaired) electrons. The zero-order chi connectivity index (χ0) is 10.1. The highest BCUT2D eigenvalue weighted by Gasteiger charge is 2.43. The van der Waals surface area contributed by atoms with Crippen LogP contribution in [0.4, 0.5) is 0 Å². The molecule has 0 aromatic rings. The molecule has 2 bridgehead atoms. The number of nitrogens with one attached hydrogen (secondary N) is 2. The molecule has 0 spiro atoms. The summed E-state index contributed by atoms with van der Waals surface area (Å²) in [6.45, 7) is 2.11. The van der Waals surface area contributed by atoms with Gasteiger partial charge in [-0.05, 0) is 19.8 Å². The third-order valence-electron chi connectivity index (χ3n) is 2.74. The van der Waals surface area contributed by atoms with E-state index in [1.165, 1.54) is 0 Å². The number of ether oxygens (including phenoxy) is 1. The monoisotopic (exact) mass is 198 g/mol. The SMILES string of the molecule is CCOC(=O)C1NC(=O)C2CC[C@@H]1N2. The first-order valence-corrected chi connectivity index (χ1v) is 4.95. The Morgan fingerprint density at radius 3 is 3.07 bits per heavy atom. The average Bonchev–Trinajstić information content (AvgIpc) is 2.57. The van der Waals surface area contributed by atoms with E-state index in [0.717, 1.165) is 12.8 Å². The van der Waals surface area contributed by atoms with E-state index in [1.807, 2.05) is 0 Å². The number of fused-ring (bicyclic) bond motifs is 2. The van der Waals surface area contributed by atoms with Crippen molar-refractivity contribution in [1.82, 2.24) is 10.6 Å². The van der Waals surface area contributed by atoms with E-state index >= 15 is 0 Å². The lowest BCUT2D eigenvalue weighted by Crippen LogP contribution is -2.62. The Kier molecular flexibility index (Phi) is 2.41. The number of hydrogen-bond acceptors (Lipinski definition) is 4. The number of hydrogen-bond donors (Lipinski definition) is 2. The second-order valence-electron chi connectivity index (χ2n) is 3.64. The Morgan fingerprint density at radius 1 is 1.57 bits per heavy atom. The van der Waals surface area contributed by atoms with Gasteiger partial charge >= 0.3 is 5.97 Å². The summed E-state index contributed by atoms with van der Waals surface area (Å²) in [6.07, 6.45) is 1.67. The Bertz CT molecular complexity index is 267. The number of esters is 1. The second-order valence-corrected chi connectivity index (χ2v) is 3.64. The van der Waals surface area contributed by atoms with Crippen molar-refractivity contribution in [2.75, 3.05) is 6.61 Å². The van der Waals surface area contributed by atoms with Crippen LogP contribution >= 0.6 is 0 Å². The van der Waals surface area contributed by atoms with Gasteiger partial charge in [0.15, 0.2) is 0 Å². The summed E-state index contributed by atoms with van der Waals surface area (Å²) in [5.74, 6) is -0.421. The molecule has 5 heteroatoms. The Labute approximate surface area is 82.2 Å². The van der Waals surface area contributed by atoms with Gasteiger partial charge in [-0.25, -0.2) is 4.79 Å². The number of piperazine rings is 1. The highest BCUT2D eigenvalue weighted by Crippen LogP contribution is 2.20. The largest absolute Gasteiger partial charge is 0.464 e. The molecule has 2 aliphatic heterocycles. The van der Waals surface area contributed by atoms with Crippen molar-refractivity contribution < 1.29 is 14.3 Å². The van der Waals surface area contributed by atoms with Gasteiger partial charge in [-0.1, -0.05) is 0 Å². The van der Waals surface area contributed by atoms with Gasteiger partial charge in [0.2, 0.25) is 5.91 Å². The van der Waals surface area contributed by atoms with E-state index in [9.17, 15) is 9.59 Å². The third kappa shape index (κ3) is 1.48. The maximum absolute atomic E-state index is 11.5. The van der Waals surface area contributed by atoms with Crippen LogP contribution in [0.3, 0.4) is 0 Å². The first-order chi connectivity index (χ1) is 6.72. The molecule has 78 valence electrons. The van der Waals surface area contributed by atoms with Gasteiger partial charge in [0, 0.05) is 6.04 Å². The second kappa shape index (κ2) is 3.57. The number of carbonyl (C=O) groups is 2. The zero-order valence-electron chi connectivity index (χ0n) is 8.08. The van der Waals surface area contributed by atoms with Gasteiger partial charge < -0.3 is 15.4 Å². The minimum Gasteiger partial charge on any atom is -0.464 e. The van der Waals surface area contributed by atoms with Gasteiger partial charge in [-0.15, -0.1) is 0 Å². The van der Waals surface area contributed by atoms with Crippen molar-refractivity contribution in [1.29, 1.82) is 0 Å². The summed E-state index contributed by atoms with van der Waals surface area (Å²) in [7, 11) is 0. The fraction of sp³-hybridized carbons (Fsp3) is 0.778. The van der Waals surface area contributed by atoms with Gasteiger partial charge in [-0.3, -0.25) is 4.79 Å². The standard InChI is InChI=1S/C9H14N2O3/c1-2-14-9(13)7-5-3-4-6(10-5)8(12)11-7/h5-7,10H,2-4H2,1H3,(H,11,12)/t5-,6?,7?/m0/s1. The van der Waals surface area contributed by atoms with Crippen LogP contribution in [-0.2, 0) is 14.3 Å². The Hall–Kier alpha value is -1.10. The van der Waals surface area contributed by atoms with Gasteiger partial charge in [-0.2, -0.15) is 0 Å². The molecule has 2 N–H and O–H groups in total. The zero-order valence-corrected chi connectivity index (χ0v) is 8.08. The van der Waals surface area contributed by atoms with Crippen LogP contribution in [0.15, 0.2) is 0 Å². The topological polar surface area (TPSA) is 67.4 Å². The summed E-state index contributed by atoms with van der Waals surface area (Å²) < 4.78 is 4.89. The van der Waals surface area contributed by atoms with Crippen LogP contribution in [-0.4, -0.2) is 36.6 Å². The molecule has 2 rings (SSSR count). The fourth-order valence-electron chi connectivity index (χ4n) is 2.05. The molecule has 5 nitrogen and oxygen atoms in total. The molecular formula is C9H14N2O3. The Balaban J connectivity index is 2.05. The smallest absolute Gasteiger partial charge is 0.330 e. The lowest BCUT2D eigenvalue weighted by atomic mass is 10.1. The predicted octanol–water partition coefficient (Wildman–Crippen LogP) is -0.831. The molecular weight excluding hydrogens is 184 g/mol. The van der Waals surface area contributed by atoms with Gasteiger partial charge in [0.1, 0.15) is 6.04 Å². The fourth-order valence-corrected chi connectivity index (χ4v) is 2.05. The van der Waals surface area contributed by atoms with Crippen molar-refractivity contribution in [3.63, 3.8) is 0 Å². The van der Waals surface area contributed by atoms with E-state index < -0.39 is 6.04 Å². The van der Waals surface area contributed by atoms with Crippen molar-refractivity contribution in [2.24, 2.45) is 0 Å². The van der Waals surface area contributed by atoms with Crippen LogP contribution in [0.1, 0.15) is 19.8 Å². The maximum atomic E-state index is 11.5. The number of amides is 1. The van der Waals surface area contributed by atoms with E-state index in [2.05, 4.69) is 10.6 Å². The maximum Gasteiger partial charge on any atom is 0.330 e. The van der Waals surface area contributed by atoms with E-state index in [1.54, 1.807) is 6.92 Å². The highest BCUT2D eigenvalue weighted by atomic mass is 16.5. The highest BCUT2D eigenvalue weighted by molar-refractivity contribution is 5.90. The molecule has 3 atom stereocenters. The number of carbonyl (C=O) groups excluding carboxylic acids is 2. The van der Waals surface area contributed by atoms with Gasteiger partial charge in [0.05, 0.1) is 12.6 Å². The van der Waals surface area contributed by atoms with E-state index in [0.29, 0.717) is 6.61 Å². The van der Waals surface area contributed by atoms with Crippen molar-refractivity contribution >= 4 is 11.9 Å². The Morgan fingerprint density at radius 2 is 2.36 bits per heavy atom. The minimum absolute atomic E-state index is 0.0525. The van der Waals surface area contributed by atoms with Crippen LogP contribution in [0.25, 0.3) is 0 Å². The molecule has 2 heterocycles. The minimum atomic E-state index is -0.499. The molecule has 0 aromatic carbocycles. The lowest BCUT2D eigenvalue weighted by molar-refractivity contribution is -0.149. The van der Waals surface area contributed by atoms with Gasteiger partial charge in [0.25, 0.3) is 0 Å². The molecule has 0 aliphatic carbocycles. The number of rotatable bonds is 2. The normalized spacial score (nSPS) is 35.2. The van der Waals surface area contributed by atoms with E-state index in [-0.39, 0.29) is 24.0 Å². The molecule has 14 heavy (non-hydrogen) atoms. The summed E-state index contributed by atoms with van der Waals surface area (Å²) in [5, 5.41) is 5.80. The molecule has 0 aromatic heterocycles. The summed E-state index contributed by atoms with van der Waals surface area (Å²) in [4.78, 5) is 22.8. The molecule has 2 unspecified atom stereocenters. The predicted molar refractivity (Wildman–Crippen MR) is 48.5 cm³/mol. The van der Waals surface area contributed by atoms with Crippen LogP contribution < -0.4 is 10.6 Å². The van der Waals surface area contributed by atoms with E-state index in [4.69, 9.17) is 4.74 Å². The summed E-state index contributed by atoms with van der Waals surface area (Å²) >= 11 is 0. The lowest BCUT2D eigenvalue weighted by Gasteiger charge is -2.28. The molecule has 2 aliphatic rings. The molecule has 1 amide bonds. The molecule has 2 saturated heterocycles. The quantitative estimate of drug-likeness (QED) is 0.568. The van der Waals surface area contributed by atoms with Crippen molar-refractivity contribution in [2.45, 2.75) is 37.9 Å². The van der Waals surface area contributed by atoms with Crippen molar-refractivity contribution in [3.8, 4) is 0 Å². The molecule has 0 saturated carbocycles. The average molecular weight is 198 g/mol. The third-order valence-corrected chi connectivity index (χ3v) is 2.74. The first-order valence-electron chi connectivity index (χ1n) is 4.95. The van der Waals surface area contributed by atoms with Crippen LogP contribution in [0.5, 0.6) is 0 Å². The summed E-state index contributed by atoms with van der Waals surface area (Å²) in [6, 6.07) is -0.552. The first kappa shape index (κ1) is 9.45. The summed E-state index contributed by atoms with van der Waals surface area (Å²) in [5.41, 5.74) is 0. The molecule has 2 fully saturated rings. The van der Waals surface area contributed by atoms with Crippen LogP contribution in [0.2, 0.25) is 0 Å².